The smallest absolute Gasteiger partial charge is 0.251 e. The van der Waals surface area contributed by atoms with Gasteiger partial charge in [-0.2, -0.15) is 0 Å². The number of nitrogens with one attached hydrogen (secondary N) is 1. The van der Waals surface area contributed by atoms with E-state index >= 15 is 0 Å². The SMILES string of the molecule is CC1CCN(C(=O)CNC(=O)c2ccc(F)c(F)c2)CC1. The van der Waals surface area contributed by atoms with Crippen molar-refractivity contribution in [1.82, 2.24) is 10.2 Å². The maximum absolute atomic E-state index is 13.0. The lowest BCUT2D eigenvalue weighted by Gasteiger charge is -2.30. The van der Waals surface area contributed by atoms with Crippen LogP contribution < -0.4 is 5.32 Å². The molecule has 2 amide bonds. The quantitative estimate of drug-likeness (QED) is 0.927. The van der Waals surface area contributed by atoms with E-state index in [9.17, 15) is 18.4 Å². The van der Waals surface area contributed by atoms with E-state index < -0.39 is 17.5 Å². The number of benzene rings is 1. The maximum Gasteiger partial charge on any atom is 0.251 e. The van der Waals surface area contributed by atoms with Gasteiger partial charge in [-0.15, -0.1) is 0 Å². The lowest BCUT2D eigenvalue weighted by molar-refractivity contribution is -0.131. The second-order valence-electron chi connectivity index (χ2n) is 5.37. The molecule has 1 saturated heterocycles. The minimum Gasteiger partial charge on any atom is -0.343 e. The molecule has 21 heavy (non-hydrogen) atoms. The molecular weight excluding hydrogens is 278 g/mol. The summed E-state index contributed by atoms with van der Waals surface area (Å²) in [7, 11) is 0. The first-order valence-electron chi connectivity index (χ1n) is 6.98. The van der Waals surface area contributed by atoms with Crippen LogP contribution in [0.1, 0.15) is 30.1 Å². The molecule has 0 bridgehead atoms. The number of carbonyl (C=O) groups excluding carboxylic acids is 2. The Labute approximate surface area is 122 Å². The van der Waals surface area contributed by atoms with Gasteiger partial charge >= 0.3 is 0 Å². The second-order valence-corrected chi connectivity index (χ2v) is 5.37. The molecule has 1 heterocycles. The highest BCUT2D eigenvalue weighted by atomic mass is 19.2. The molecule has 1 aromatic carbocycles. The van der Waals surface area contributed by atoms with Gasteiger partial charge in [0.2, 0.25) is 5.91 Å². The third-order valence-corrected chi connectivity index (χ3v) is 3.72. The largest absolute Gasteiger partial charge is 0.343 e. The summed E-state index contributed by atoms with van der Waals surface area (Å²) >= 11 is 0. The molecule has 0 unspecified atom stereocenters. The Hall–Kier alpha value is -1.98. The predicted molar refractivity (Wildman–Crippen MR) is 73.7 cm³/mol. The van der Waals surface area contributed by atoms with Crippen LogP contribution in [0.25, 0.3) is 0 Å². The van der Waals surface area contributed by atoms with E-state index in [1.54, 1.807) is 4.90 Å². The zero-order valence-electron chi connectivity index (χ0n) is 11.9. The fraction of sp³-hybridized carbons (Fsp3) is 0.467. The van der Waals surface area contributed by atoms with Crippen molar-refractivity contribution in [2.45, 2.75) is 19.8 Å². The topological polar surface area (TPSA) is 49.4 Å². The Morgan fingerprint density at radius 3 is 2.52 bits per heavy atom. The number of nitrogens with zero attached hydrogens (tertiary/aromatic N) is 1. The first kappa shape index (κ1) is 15.4. The third-order valence-electron chi connectivity index (χ3n) is 3.72. The minimum absolute atomic E-state index is 0.00559. The van der Waals surface area contributed by atoms with Crippen molar-refractivity contribution in [3.63, 3.8) is 0 Å². The lowest BCUT2D eigenvalue weighted by Crippen LogP contribution is -2.43. The average molecular weight is 296 g/mol. The fourth-order valence-electron chi connectivity index (χ4n) is 2.27. The number of hydrogen-bond donors (Lipinski definition) is 1. The summed E-state index contributed by atoms with van der Waals surface area (Å²) in [5, 5.41) is 2.43. The standard InChI is InChI=1S/C15H18F2N2O2/c1-10-4-6-19(7-5-10)14(20)9-18-15(21)11-2-3-12(16)13(17)8-11/h2-3,8,10H,4-7,9H2,1H3,(H,18,21). The number of carbonyl (C=O) groups is 2. The van der Waals surface area contributed by atoms with Crippen LogP contribution in [-0.4, -0.2) is 36.3 Å². The van der Waals surface area contributed by atoms with Crippen molar-refractivity contribution in [2.24, 2.45) is 5.92 Å². The van der Waals surface area contributed by atoms with Crippen molar-refractivity contribution in [2.75, 3.05) is 19.6 Å². The van der Waals surface area contributed by atoms with Gasteiger partial charge in [0.1, 0.15) is 0 Å². The molecule has 4 nitrogen and oxygen atoms in total. The maximum atomic E-state index is 13.0. The van der Waals surface area contributed by atoms with Gasteiger partial charge in [0.05, 0.1) is 6.54 Å². The minimum atomic E-state index is -1.08. The van der Waals surface area contributed by atoms with E-state index in [2.05, 4.69) is 12.2 Å². The van der Waals surface area contributed by atoms with Crippen LogP contribution in [0.4, 0.5) is 8.78 Å². The van der Waals surface area contributed by atoms with Gasteiger partial charge in [0.15, 0.2) is 11.6 Å². The lowest BCUT2D eigenvalue weighted by atomic mass is 9.99. The molecular formula is C15H18F2N2O2. The van der Waals surface area contributed by atoms with Gasteiger partial charge in [0, 0.05) is 18.7 Å². The number of rotatable bonds is 3. The normalized spacial score (nSPS) is 15.9. The number of piperidine rings is 1. The summed E-state index contributed by atoms with van der Waals surface area (Å²) in [5.74, 6) is -2.22. The van der Waals surface area contributed by atoms with Crippen LogP contribution in [0.2, 0.25) is 0 Å². The Morgan fingerprint density at radius 2 is 1.90 bits per heavy atom. The van der Waals surface area contributed by atoms with E-state index in [0.717, 1.165) is 25.0 Å². The Kier molecular flexibility index (Phi) is 4.88. The first-order chi connectivity index (χ1) is 9.97. The second kappa shape index (κ2) is 6.65. The van der Waals surface area contributed by atoms with Gasteiger partial charge in [-0.05, 0) is 37.0 Å². The van der Waals surface area contributed by atoms with Crippen molar-refractivity contribution in [3.05, 3.63) is 35.4 Å². The number of hydrogen-bond acceptors (Lipinski definition) is 2. The molecule has 0 radical (unpaired) electrons. The van der Waals surface area contributed by atoms with Crippen molar-refractivity contribution >= 4 is 11.8 Å². The Morgan fingerprint density at radius 1 is 1.24 bits per heavy atom. The molecule has 1 aliphatic heterocycles. The summed E-state index contributed by atoms with van der Waals surface area (Å²) in [6.07, 6.45) is 1.92. The highest BCUT2D eigenvalue weighted by Crippen LogP contribution is 2.15. The number of amides is 2. The molecule has 1 aromatic rings. The van der Waals surface area contributed by atoms with Crippen molar-refractivity contribution in [3.8, 4) is 0 Å². The molecule has 1 aliphatic rings. The molecule has 0 aliphatic carbocycles. The highest BCUT2D eigenvalue weighted by molar-refractivity contribution is 5.96. The molecule has 0 aromatic heterocycles. The molecule has 0 atom stereocenters. The zero-order chi connectivity index (χ0) is 15.4. The van der Waals surface area contributed by atoms with Crippen molar-refractivity contribution in [1.29, 1.82) is 0 Å². The first-order valence-corrected chi connectivity index (χ1v) is 6.98. The summed E-state index contributed by atoms with van der Waals surface area (Å²) < 4.78 is 25.8. The molecule has 6 heteroatoms. The van der Waals surface area contributed by atoms with Crippen LogP contribution in [-0.2, 0) is 4.79 Å². The Balaban J connectivity index is 1.86. The summed E-state index contributed by atoms with van der Waals surface area (Å²) in [6.45, 7) is 3.40. The number of halogens is 2. The van der Waals surface area contributed by atoms with E-state index in [0.29, 0.717) is 19.0 Å². The molecule has 0 spiro atoms. The molecule has 2 rings (SSSR count). The molecule has 0 saturated carbocycles. The summed E-state index contributed by atoms with van der Waals surface area (Å²) in [6, 6.07) is 2.89. The van der Waals surface area contributed by atoms with E-state index in [1.807, 2.05) is 0 Å². The monoisotopic (exact) mass is 296 g/mol. The van der Waals surface area contributed by atoms with Gasteiger partial charge in [-0.1, -0.05) is 6.92 Å². The fourth-order valence-corrected chi connectivity index (χ4v) is 2.27. The third kappa shape index (κ3) is 4.00. The van der Waals surface area contributed by atoms with Crippen LogP contribution in [0.3, 0.4) is 0 Å². The molecule has 1 N–H and O–H groups in total. The predicted octanol–water partition coefficient (Wildman–Crippen LogP) is 1.95. The average Bonchev–Trinajstić information content (AvgIpc) is 2.48. The van der Waals surface area contributed by atoms with Crippen LogP contribution in [0.5, 0.6) is 0 Å². The summed E-state index contributed by atoms with van der Waals surface area (Å²) in [4.78, 5) is 25.4. The van der Waals surface area contributed by atoms with Crippen LogP contribution in [0, 0.1) is 17.6 Å². The van der Waals surface area contributed by atoms with Gasteiger partial charge in [-0.3, -0.25) is 9.59 Å². The molecule has 1 fully saturated rings. The van der Waals surface area contributed by atoms with E-state index in [4.69, 9.17) is 0 Å². The van der Waals surface area contributed by atoms with E-state index in [1.165, 1.54) is 6.07 Å². The van der Waals surface area contributed by atoms with E-state index in [-0.39, 0.29) is 18.0 Å². The van der Waals surface area contributed by atoms with Gasteiger partial charge in [-0.25, -0.2) is 8.78 Å². The van der Waals surface area contributed by atoms with Crippen LogP contribution >= 0.6 is 0 Å². The highest BCUT2D eigenvalue weighted by Gasteiger charge is 2.20. The number of likely N-dealkylation sites (tertiary alicyclic amines) is 1. The summed E-state index contributed by atoms with van der Waals surface area (Å²) in [5.41, 5.74) is -0.00559. The van der Waals surface area contributed by atoms with Crippen molar-refractivity contribution < 1.29 is 18.4 Å². The zero-order valence-corrected chi connectivity index (χ0v) is 11.9. The molecule has 114 valence electrons. The Bertz CT molecular complexity index is 540. The van der Waals surface area contributed by atoms with Gasteiger partial charge < -0.3 is 10.2 Å². The van der Waals surface area contributed by atoms with Gasteiger partial charge in [0.25, 0.3) is 5.91 Å². The van der Waals surface area contributed by atoms with Crippen LogP contribution in [0.15, 0.2) is 18.2 Å².